The molecule has 120 valence electrons. The first-order valence-electron chi connectivity index (χ1n) is 7.95. The number of carbonyl (C=O) groups excluding carboxylic acids is 1. The number of carbonyl (C=O) groups is 2. The second-order valence-corrected chi connectivity index (χ2v) is 6.59. The first-order valence-corrected chi connectivity index (χ1v) is 7.95. The lowest BCUT2D eigenvalue weighted by atomic mass is 9.87. The Bertz CT molecular complexity index is 376. The molecule has 0 aromatic carbocycles. The first-order chi connectivity index (χ1) is 9.97. The molecular formula is C15H27N3O3. The van der Waals surface area contributed by atoms with E-state index in [0.29, 0.717) is 25.6 Å². The van der Waals surface area contributed by atoms with E-state index in [1.54, 1.807) is 11.8 Å². The molecule has 2 fully saturated rings. The van der Waals surface area contributed by atoms with Crippen LogP contribution in [0.1, 0.15) is 26.7 Å². The van der Waals surface area contributed by atoms with Crippen LogP contribution in [-0.4, -0.2) is 66.2 Å². The van der Waals surface area contributed by atoms with E-state index in [-0.39, 0.29) is 17.9 Å². The quantitative estimate of drug-likeness (QED) is 0.769. The van der Waals surface area contributed by atoms with Crippen molar-refractivity contribution in [2.75, 3.05) is 39.3 Å². The van der Waals surface area contributed by atoms with Gasteiger partial charge in [0.25, 0.3) is 0 Å². The number of likely N-dealkylation sites (tertiary alicyclic amines) is 2. The summed E-state index contributed by atoms with van der Waals surface area (Å²) in [6.45, 7) is 9.06. The van der Waals surface area contributed by atoms with Crippen molar-refractivity contribution in [3.05, 3.63) is 0 Å². The fourth-order valence-corrected chi connectivity index (χ4v) is 3.04. The summed E-state index contributed by atoms with van der Waals surface area (Å²) in [5.41, 5.74) is 0. The van der Waals surface area contributed by atoms with Crippen molar-refractivity contribution in [2.45, 2.75) is 26.7 Å². The molecule has 2 heterocycles. The van der Waals surface area contributed by atoms with Crippen LogP contribution in [0.5, 0.6) is 0 Å². The van der Waals surface area contributed by atoms with Gasteiger partial charge in [0.05, 0.1) is 5.92 Å². The molecular weight excluding hydrogens is 270 g/mol. The SMILES string of the molecule is CC(CNC(=O)N1CC(C(C)C(=O)O)C1)CN1CCCC1. The zero-order valence-corrected chi connectivity index (χ0v) is 13.0. The zero-order chi connectivity index (χ0) is 15.4. The predicted molar refractivity (Wildman–Crippen MR) is 80.1 cm³/mol. The molecule has 2 rings (SSSR count). The lowest BCUT2D eigenvalue weighted by Crippen LogP contribution is -2.57. The largest absolute Gasteiger partial charge is 0.481 e. The normalized spacial score (nSPS) is 22.7. The summed E-state index contributed by atoms with van der Waals surface area (Å²) < 4.78 is 0. The second-order valence-electron chi connectivity index (χ2n) is 6.59. The van der Waals surface area contributed by atoms with Crippen LogP contribution in [0.25, 0.3) is 0 Å². The fourth-order valence-electron chi connectivity index (χ4n) is 3.04. The topological polar surface area (TPSA) is 72.9 Å². The third kappa shape index (κ3) is 4.33. The summed E-state index contributed by atoms with van der Waals surface area (Å²) >= 11 is 0. The average Bonchev–Trinajstić information content (AvgIpc) is 2.87. The van der Waals surface area contributed by atoms with Gasteiger partial charge in [-0.15, -0.1) is 0 Å². The number of hydrogen-bond donors (Lipinski definition) is 2. The zero-order valence-electron chi connectivity index (χ0n) is 13.0. The van der Waals surface area contributed by atoms with Gasteiger partial charge in [0.2, 0.25) is 0 Å². The molecule has 0 spiro atoms. The molecule has 2 atom stereocenters. The standard InChI is InChI=1S/C15H27N3O3/c1-11(8-17-5-3-4-6-17)7-16-15(21)18-9-13(10-18)12(2)14(19)20/h11-13H,3-10H2,1-2H3,(H,16,21)(H,19,20). The Balaban J connectivity index is 1.61. The number of amides is 2. The maximum Gasteiger partial charge on any atom is 0.317 e. The summed E-state index contributed by atoms with van der Waals surface area (Å²) in [7, 11) is 0. The fraction of sp³-hybridized carbons (Fsp3) is 0.867. The molecule has 0 aromatic rings. The summed E-state index contributed by atoms with van der Waals surface area (Å²) in [6, 6.07) is -0.0582. The molecule has 2 N–H and O–H groups in total. The van der Waals surface area contributed by atoms with Gasteiger partial charge in [0.1, 0.15) is 0 Å². The van der Waals surface area contributed by atoms with Crippen molar-refractivity contribution in [1.82, 2.24) is 15.1 Å². The van der Waals surface area contributed by atoms with Gasteiger partial charge in [-0.1, -0.05) is 13.8 Å². The minimum Gasteiger partial charge on any atom is -0.481 e. The maximum atomic E-state index is 12.0. The van der Waals surface area contributed by atoms with Crippen LogP contribution >= 0.6 is 0 Å². The molecule has 2 aliphatic heterocycles. The highest BCUT2D eigenvalue weighted by Crippen LogP contribution is 2.23. The molecule has 2 unspecified atom stereocenters. The molecule has 2 saturated heterocycles. The number of carboxylic acid groups (broad SMARTS) is 1. The van der Waals surface area contributed by atoms with Gasteiger partial charge in [0.15, 0.2) is 0 Å². The van der Waals surface area contributed by atoms with Gasteiger partial charge in [-0.25, -0.2) is 4.79 Å². The Morgan fingerprint density at radius 1 is 1.24 bits per heavy atom. The van der Waals surface area contributed by atoms with Gasteiger partial charge >= 0.3 is 12.0 Å². The highest BCUT2D eigenvalue weighted by atomic mass is 16.4. The van der Waals surface area contributed by atoms with E-state index < -0.39 is 5.97 Å². The Morgan fingerprint density at radius 3 is 2.43 bits per heavy atom. The number of aliphatic carboxylic acids is 1. The molecule has 6 nitrogen and oxygen atoms in total. The van der Waals surface area contributed by atoms with Gasteiger partial charge in [-0.3, -0.25) is 4.79 Å². The number of nitrogens with one attached hydrogen (secondary N) is 1. The van der Waals surface area contributed by atoms with Crippen LogP contribution in [-0.2, 0) is 4.79 Å². The minimum atomic E-state index is -0.778. The molecule has 2 amide bonds. The number of urea groups is 1. The molecule has 0 bridgehead atoms. The molecule has 21 heavy (non-hydrogen) atoms. The van der Waals surface area contributed by atoms with Crippen molar-refractivity contribution in [1.29, 1.82) is 0 Å². The van der Waals surface area contributed by atoms with Crippen LogP contribution in [0.4, 0.5) is 4.79 Å². The predicted octanol–water partition coefficient (Wildman–Crippen LogP) is 1.08. The van der Waals surface area contributed by atoms with Gasteiger partial charge in [-0.05, 0) is 31.8 Å². The average molecular weight is 297 g/mol. The van der Waals surface area contributed by atoms with Crippen LogP contribution in [0.2, 0.25) is 0 Å². The Kier molecular flexibility index (Phi) is 5.45. The number of carboxylic acids is 1. The van der Waals surface area contributed by atoms with Gasteiger partial charge in [0, 0.05) is 32.1 Å². The second kappa shape index (κ2) is 7.11. The molecule has 0 aromatic heterocycles. The first kappa shape index (κ1) is 16.1. The van der Waals surface area contributed by atoms with Crippen LogP contribution in [0, 0.1) is 17.8 Å². The van der Waals surface area contributed by atoms with E-state index in [2.05, 4.69) is 17.1 Å². The summed E-state index contributed by atoms with van der Waals surface area (Å²) in [5, 5.41) is 11.9. The van der Waals surface area contributed by atoms with Crippen LogP contribution < -0.4 is 5.32 Å². The highest BCUT2D eigenvalue weighted by molar-refractivity contribution is 5.76. The van der Waals surface area contributed by atoms with E-state index >= 15 is 0 Å². The third-order valence-corrected chi connectivity index (χ3v) is 4.66. The lowest BCUT2D eigenvalue weighted by molar-refractivity contribution is -0.144. The number of nitrogens with zero attached hydrogens (tertiary/aromatic N) is 2. The number of rotatable bonds is 6. The Hall–Kier alpha value is -1.30. The molecule has 6 heteroatoms. The molecule has 0 saturated carbocycles. The van der Waals surface area contributed by atoms with Crippen molar-refractivity contribution < 1.29 is 14.7 Å². The highest BCUT2D eigenvalue weighted by Gasteiger charge is 2.37. The smallest absolute Gasteiger partial charge is 0.317 e. The Morgan fingerprint density at radius 2 is 1.86 bits per heavy atom. The Labute approximate surface area is 126 Å². The summed E-state index contributed by atoms with van der Waals surface area (Å²) in [5.74, 6) is -0.611. The van der Waals surface area contributed by atoms with Crippen molar-refractivity contribution in [3.8, 4) is 0 Å². The van der Waals surface area contributed by atoms with E-state index in [4.69, 9.17) is 5.11 Å². The third-order valence-electron chi connectivity index (χ3n) is 4.66. The van der Waals surface area contributed by atoms with Crippen molar-refractivity contribution in [2.24, 2.45) is 17.8 Å². The lowest BCUT2D eigenvalue weighted by Gasteiger charge is -2.41. The van der Waals surface area contributed by atoms with Gasteiger partial charge < -0.3 is 20.2 Å². The van der Waals surface area contributed by atoms with Crippen LogP contribution in [0.3, 0.4) is 0 Å². The van der Waals surface area contributed by atoms with Gasteiger partial charge in [-0.2, -0.15) is 0 Å². The van der Waals surface area contributed by atoms with E-state index in [9.17, 15) is 9.59 Å². The molecule has 0 radical (unpaired) electrons. The van der Waals surface area contributed by atoms with Crippen LogP contribution in [0.15, 0.2) is 0 Å². The van der Waals surface area contributed by atoms with E-state index in [1.165, 1.54) is 25.9 Å². The van der Waals surface area contributed by atoms with E-state index in [0.717, 1.165) is 6.54 Å². The monoisotopic (exact) mass is 297 g/mol. The number of hydrogen-bond acceptors (Lipinski definition) is 3. The van der Waals surface area contributed by atoms with Crippen molar-refractivity contribution in [3.63, 3.8) is 0 Å². The summed E-state index contributed by atoms with van der Waals surface area (Å²) in [4.78, 5) is 27.0. The van der Waals surface area contributed by atoms with Crippen molar-refractivity contribution >= 4 is 12.0 Å². The van der Waals surface area contributed by atoms with E-state index in [1.807, 2.05) is 0 Å². The minimum absolute atomic E-state index is 0.0582. The molecule has 0 aliphatic carbocycles. The molecule has 2 aliphatic rings. The maximum absolute atomic E-state index is 12.0. The summed E-state index contributed by atoms with van der Waals surface area (Å²) in [6.07, 6.45) is 2.58.